The van der Waals surface area contributed by atoms with Crippen molar-refractivity contribution in [2.45, 2.75) is 13.0 Å². The lowest BCUT2D eigenvalue weighted by Crippen LogP contribution is -2.14. The number of hydrogen-bond acceptors (Lipinski definition) is 4. The van der Waals surface area contributed by atoms with Gasteiger partial charge in [0.2, 0.25) is 0 Å². The lowest BCUT2D eigenvalue weighted by molar-refractivity contribution is -0.146. The number of benzene rings is 3. The van der Waals surface area contributed by atoms with Gasteiger partial charge in [-0.15, -0.1) is 0 Å². The van der Waals surface area contributed by atoms with E-state index < -0.39 is 17.9 Å². The van der Waals surface area contributed by atoms with E-state index in [4.69, 9.17) is 4.74 Å². The number of halogens is 1. The molecular weight excluding hydrogens is 357 g/mol. The summed E-state index contributed by atoms with van der Waals surface area (Å²) < 4.78 is 19.2. The molecule has 142 valence electrons. The summed E-state index contributed by atoms with van der Waals surface area (Å²) in [7, 11) is 0. The Bertz CT molecular complexity index is 930. The maximum absolute atomic E-state index is 13.9. The van der Waals surface area contributed by atoms with Gasteiger partial charge in [0.25, 0.3) is 0 Å². The van der Waals surface area contributed by atoms with Gasteiger partial charge in [0, 0.05) is 22.8 Å². The molecule has 0 aliphatic rings. The lowest BCUT2D eigenvalue weighted by Gasteiger charge is -2.14. The van der Waals surface area contributed by atoms with Crippen molar-refractivity contribution in [2.24, 2.45) is 4.99 Å². The molecule has 0 saturated carbocycles. The molecule has 0 aliphatic heterocycles. The Morgan fingerprint density at radius 3 is 2.11 bits per heavy atom. The molecule has 1 unspecified atom stereocenters. The van der Waals surface area contributed by atoms with Crippen LogP contribution in [0.1, 0.15) is 29.7 Å². The Kier molecular flexibility index (Phi) is 6.17. The molecular formula is C23H20FNO3. The maximum atomic E-state index is 13.9. The minimum Gasteiger partial charge on any atom is -0.508 e. The van der Waals surface area contributed by atoms with E-state index in [1.165, 1.54) is 12.1 Å². The number of nitrogens with zero attached hydrogens (tertiary/aromatic N) is 1. The average Bonchev–Trinajstić information content (AvgIpc) is 2.69. The SMILES string of the molecule is CC(OC(=O)CN=C(c1ccccc1)c1ccccc1)c1ccc(O)cc1F. The van der Waals surface area contributed by atoms with Gasteiger partial charge in [0.1, 0.15) is 24.2 Å². The summed E-state index contributed by atoms with van der Waals surface area (Å²) in [5.74, 6) is -1.37. The molecule has 3 aromatic carbocycles. The van der Waals surface area contributed by atoms with E-state index in [1.807, 2.05) is 60.7 Å². The first-order valence-electron chi connectivity index (χ1n) is 8.88. The normalized spacial score (nSPS) is 11.5. The van der Waals surface area contributed by atoms with Crippen LogP contribution in [0.25, 0.3) is 0 Å². The van der Waals surface area contributed by atoms with Crippen molar-refractivity contribution < 1.29 is 19.0 Å². The molecule has 0 spiro atoms. The van der Waals surface area contributed by atoms with Crippen LogP contribution in [0, 0.1) is 5.82 Å². The van der Waals surface area contributed by atoms with Crippen molar-refractivity contribution in [3.8, 4) is 5.75 Å². The van der Waals surface area contributed by atoms with Crippen molar-refractivity contribution in [1.82, 2.24) is 0 Å². The topological polar surface area (TPSA) is 58.9 Å². The summed E-state index contributed by atoms with van der Waals surface area (Å²) in [6.45, 7) is 1.38. The largest absolute Gasteiger partial charge is 0.508 e. The highest BCUT2D eigenvalue weighted by molar-refractivity contribution is 6.13. The number of esters is 1. The van der Waals surface area contributed by atoms with Crippen LogP contribution in [-0.2, 0) is 9.53 Å². The van der Waals surface area contributed by atoms with Crippen LogP contribution >= 0.6 is 0 Å². The van der Waals surface area contributed by atoms with Gasteiger partial charge in [-0.3, -0.25) is 9.79 Å². The fourth-order valence-electron chi connectivity index (χ4n) is 2.83. The Morgan fingerprint density at radius 1 is 1.00 bits per heavy atom. The van der Waals surface area contributed by atoms with E-state index in [0.29, 0.717) is 5.71 Å². The fourth-order valence-corrected chi connectivity index (χ4v) is 2.83. The molecule has 4 nitrogen and oxygen atoms in total. The Hall–Kier alpha value is -3.47. The van der Waals surface area contributed by atoms with Crippen LogP contribution in [-0.4, -0.2) is 23.3 Å². The minimum absolute atomic E-state index is 0.181. The molecule has 1 atom stereocenters. The van der Waals surface area contributed by atoms with Crippen LogP contribution in [0.15, 0.2) is 83.9 Å². The molecule has 0 saturated heterocycles. The smallest absolute Gasteiger partial charge is 0.328 e. The number of rotatable bonds is 6. The summed E-state index contributed by atoms with van der Waals surface area (Å²) in [5, 5.41) is 9.30. The monoisotopic (exact) mass is 377 g/mol. The number of carbonyl (C=O) groups is 1. The molecule has 0 heterocycles. The van der Waals surface area contributed by atoms with Gasteiger partial charge in [-0.05, 0) is 19.1 Å². The molecule has 0 aromatic heterocycles. The van der Waals surface area contributed by atoms with E-state index in [9.17, 15) is 14.3 Å². The van der Waals surface area contributed by atoms with E-state index >= 15 is 0 Å². The fraction of sp³-hybridized carbons (Fsp3) is 0.130. The zero-order valence-electron chi connectivity index (χ0n) is 15.4. The average molecular weight is 377 g/mol. The Balaban J connectivity index is 1.76. The van der Waals surface area contributed by atoms with E-state index in [-0.39, 0.29) is 17.9 Å². The summed E-state index contributed by atoms with van der Waals surface area (Å²) in [4.78, 5) is 16.7. The van der Waals surface area contributed by atoms with Gasteiger partial charge < -0.3 is 9.84 Å². The first-order valence-corrected chi connectivity index (χ1v) is 8.88. The zero-order chi connectivity index (χ0) is 19.9. The molecule has 5 heteroatoms. The van der Waals surface area contributed by atoms with Gasteiger partial charge in [-0.1, -0.05) is 60.7 Å². The maximum Gasteiger partial charge on any atom is 0.328 e. The first kappa shape index (κ1) is 19.3. The second kappa shape index (κ2) is 8.95. The summed E-state index contributed by atoms with van der Waals surface area (Å²) in [6.07, 6.45) is -0.791. The van der Waals surface area contributed by atoms with Crippen LogP contribution in [0.5, 0.6) is 5.75 Å². The highest BCUT2D eigenvalue weighted by atomic mass is 19.1. The molecule has 0 bridgehead atoms. The van der Waals surface area contributed by atoms with E-state index in [0.717, 1.165) is 17.2 Å². The predicted octanol–water partition coefficient (Wildman–Crippen LogP) is 4.67. The summed E-state index contributed by atoms with van der Waals surface area (Å²) >= 11 is 0. The van der Waals surface area contributed by atoms with E-state index in [1.54, 1.807) is 6.92 Å². The minimum atomic E-state index is -0.791. The zero-order valence-corrected chi connectivity index (χ0v) is 15.4. The molecule has 3 aromatic rings. The number of ether oxygens (including phenoxy) is 1. The number of carbonyl (C=O) groups excluding carboxylic acids is 1. The molecule has 1 N–H and O–H groups in total. The number of hydrogen-bond donors (Lipinski definition) is 1. The highest BCUT2D eigenvalue weighted by Gasteiger charge is 2.16. The quantitative estimate of drug-likeness (QED) is 0.501. The van der Waals surface area contributed by atoms with Gasteiger partial charge in [-0.2, -0.15) is 0 Å². The first-order chi connectivity index (χ1) is 13.5. The molecule has 28 heavy (non-hydrogen) atoms. The van der Waals surface area contributed by atoms with Crippen LogP contribution in [0.2, 0.25) is 0 Å². The molecule has 3 rings (SSSR count). The van der Waals surface area contributed by atoms with Crippen molar-refractivity contribution in [2.75, 3.05) is 6.54 Å². The van der Waals surface area contributed by atoms with Crippen molar-refractivity contribution in [3.05, 3.63) is 101 Å². The van der Waals surface area contributed by atoms with Crippen molar-refractivity contribution >= 4 is 11.7 Å². The third-order valence-corrected chi connectivity index (χ3v) is 4.19. The second-order valence-corrected chi connectivity index (χ2v) is 6.23. The van der Waals surface area contributed by atoms with Gasteiger partial charge in [0.15, 0.2) is 0 Å². The molecule has 0 amide bonds. The van der Waals surface area contributed by atoms with Crippen LogP contribution in [0.3, 0.4) is 0 Å². The number of aliphatic imine (C=N–C) groups is 1. The van der Waals surface area contributed by atoms with Crippen molar-refractivity contribution in [1.29, 1.82) is 0 Å². The number of phenols is 1. The van der Waals surface area contributed by atoms with Gasteiger partial charge in [-0.25, -0.2) is 4.39 Å². The van der Waals surface area contributed by atoms with Crippen LogP contribution in [0.4, 0.5) is 4.39 Å². The standard InChI is InChI=1S/C23H20FNO3/c1-16(20-13-12-19(26)14-21(20)24)28-22(27)15-25-23(17-8-4-2-5-9-17)18-10-6-3-7-11-18/h2-14,16,26H,15H2,1H3. The third kappa shape index (κ3) is 4.82. The predicted molar refractivity (Wildman–Crippen MR) is 106 cm³/mol. The Labute approximate surface area is 163 Å². The third-order valence-electron chi connectivity index (χ3n) is 4.19. The lowest BCUT2D eigenvalue weighted by atomic mass is 10.0. The molecule has 0 radical (unpaired) electrons. The van der Waals surface area contributed by atoms with Gasteiger partial charge in [0.05, 0.1) is 5.71 Å². The molecule has 0 fully saturated rings. The summed E-state index contributed by atoms with van der Waals surface area (Å²) in [6, 6.07) is 22.9. The number of aromatic hydroxyl groups is 1. The van der Waals surface area contributed by atoms with Gasteiger partial charge >= 0.3 is 5.97 Å². The second-order valence-electron chi connectivity index (χ2n) is 6.23. The highest BCUT2D eigenvalue weighted by Crippen LogP contribution is 2.23. The van der Waals surface area contributed by atoms with E-state index in [2.05, 4.69) is 4.99 Å². The van der Waals surface area contributed by atoms with Crippen LogP contribution < -0.4 is 0 Å². The molecule has 0 aliphatic carbocycles. The van der Waals surface area contributed by atoms with Crippen molar-refractivity contribution in [3.63, 3.8) is 0 Å². The number of phenolic OH excluding ortho intramolecular Hbond substituents is 1. The summed E-state index contributed by atoms with van der Waals surface area (Å²) in [5.41, 5.74) is 2.65. The Morgan fingerprint density at radius 2 is 1.57 bits per heavy atom.